The van der Waals surface area contributed by atoms with E-state index in [9.17, 15) is 9.59 Å². The summed E-state index contributed by atoms with van der Waals surface area (Å²) in [6.45, 7) is 0.109. The third-order valence-corrected chi connectivity index (χ3v) is 4.10. The number of nitrogens with one attached hydrogen (secondary N) is 3. The molecule has 0 heterocycles. The molecule has 0 spiro atoms. The maximum absolute atomic E-state index is 12.1. The summed E-state index contributed by atoms with van der Waals surface area (Å²) >= 11 is 12.0. The van der Waals surface area contributed by atoms with E-state index in [1.165, 1.54) is 0 Å². The Morgan fingerprint density at radius 2 is 1.58 bits per heavy atom. The Kier molecular flexibility index (Phi) is 6.98. The van der Waals surface area contributed by atoms with Crippen LogP contribution < -0.4 is 15.5 Å². The molecule has 3 N–H and O–H groups in total. The first-order valence-electron chi connectivity index (χ1n) is 7.75. The molecule has 0 aliphatic rings. The van der Waals surface area contributed by atoms with Crippen LogP contribution in [0.2, 0.25) is 10.0 Å². The minimum atomic E-state index is -0.317. The predicted octanol–water partition coefficient (Wildman–Crippen LogP) is 1.96. The summed E-state index contributed by atoms with van der Waals surface area (Å²) < 4.78 is 0. The lowest BCUT2D eigenvalue weighted by atomic mass is 10.2. The molecule has 134 valence electrons. The number of benzene rings is 2. The van der Waals surface area contributed by atoms with Gasteiger partial charge in [0.1, 0.15) is 6.07 Å². The van der Waals surface area contributed by atoms with E-state index in [1.54, 1.807) is 49.5 Å². The molecule has 0 aliphatic carbocycles. The number of likely N-dealkylation sites (N-methyl/N-ethyl adjacent to an activating group) is 1. The normalized spacial score (nSPS) is 11.3. The van der Waals surface area contributed by atoms with Crippen molar-refractivity contribution in [2.75, 3.05) is 30.8 Å². The van der Waals surface area contributed by atoms with Gasteiger partial charge in [-0.05, 0) is 24.3 Å². The van der Waals surface area contributed by atoms with Crippen molar-refractivity contribution in [3.63, 3.8) is 0 Å². The van der Waals surface area contributed by atoms with E-state index in [1.807, 2.05) is 6.07 Å². The number of rotatable bonds is 6. The Labute approximate surface area is 161 Å². The second-order valence-electron chi connectivity index (χ2n) is 5.66. The average Bonchev–Trinajstić information content (AvgIpc) is 2.58. The Balaban J connectivity index is 1.89. The SMILES string of the molecule is C[NH+](CC(=O)Nc1ccccc1C#N)CC(=O)Nc1c(Cl)cccc1Cl. The van der Waals surface area contributed by atoms with Gasteiger partial charge in [0.2, 0.25) is 0 Å². The first kappa shape index (κ1) is 19.7. The van der Waals surface area contributed by atoms with Crippen LogP contribution in [-0.4, -0.2) is 32.0 Å². The summed E-state index contributed by atoms with van der Waals surface area (Å²) in [6.07, 6.45) is 0. The predicted molar refractivity (Wildman–Crippen MR) is 101 cm³/mol. The summed E-state index contributed by atoms with van der Waals surface area (Å²) in [7, 11) is 1.71. The number of para-hydroxylation sites is 2. The van der Waals surface area contributed by atoms with E-state index in [0.29, 0.717) is 31.9 Å². The van der Waals surface area contributed by atoms with Gasteiger partial charge in [-0.25, -0.2) is 0 Å². The maximum atomic E-state index is 12.1. The minimum Gasteiger partial charge on any atom is -0.322 e. The van der Waals surface area contributed by atoms with Crippen LogP contribution in [0.25, 0.3) is 0 Å². The second kappa shape index (κ2) is 9.20. The summed E-state index contributed by atoms with van der Waals surface area (Å²) in [6, 6.07) is 13.7. The molecule has 2 amide bonds. The molecule has 2 aromatic carbocycles. The third-order valence-electron chi connectivity index (χ3n) is 3.47. The average molecular weight is 392 g/mol. The lowest BCUT2D eigenvalue weighted by Gasteiger charge is -2.15. The number of nitrogens with zero attached hydrogens (tertiary/aromatic N) is 1. The molecule has 6 nitrogen and oxygen atoms in total. The highest BCUT2D eigenvalue weighted by Gasteiger charge is 2.17. The van der Waals surface area contributed by atoms with Gasteiger partial charge >= 0.3 is 0 Å². The van der Waals surface area contributed by atoms with E-state index in [4.69, 9.17) is 28.5 Å². The fourth-order valence-electron chi connectivity index (χ4n) is 2.30. The molecule has 8 heteroatoms. The van der Waals surface area contributed by atoms with Crippen molar-refractivity contribution in [3.8, 4) is 6.07 Å². The Morgan fingerprint density at radius 1 is 1.00 bits per heavy atom. The Morgan fingerprint density at radius 3 is 2.19 bits per heavy atom. The van der Waals surface area contributed by atoms with Crippen molar-refractivity contribution in [3.05, 3.63) is 58.1 Å². The lowest BCUT2D eigenvalue weighted by molar-refractivity contribution is -0.862. The Hall–Kier alpha value is -2.59. The maximum Gasteiger partial charge on any atom is 0.279 e. The molecular formula is C18H17Cl2N4O2+. The van der Waals surface area contributed by atoms with Crippen molar-refractivity contribution in [2.45, 2.75) is 0 Å². The van der Waals surface area contributed by atoms with Crippen LogP contribution >= 0.6 is 23.2 Å². The van der Waals surface area contributed by atoms with E-state index >= 15 is 0 Å². The van der Waals surface area contributed by atoms with Gasteiger partial charge in [0.15, 0.2) is 13.1 Å². The van der Waals surface area contributed by atoms with Crippen LogP contribution in [0.1, 0.15) is 5.56 Å². The first-order chi connectivity index (χ1) is 12.4. The van der Waals surface area contributed by atoms with Gasteiger partial charge in [-0.3, -0.25) is 9.59 Å². The largest absolute Gasteiger partial charge is 0.322 e. The molecule has 1 unspecified atom stereocenters. The quantitative estimate of drug-likeness (QED) is 0.703. The minimum absolute atomic E-state index is 0.0505. The molecule has 0 radical (unpaired) electrons. The van der Waals surface area contributed by atoms with Crippen molar-refractivity contribution >= 4 is 46.4 Å². The first-order valence-corrected chi connectivity index (χ1v) is 8.50. The van der Waals surface area contributed by atoms with Gasteiger partial charge in [-0.1, -0.05) is 41.4 Å². The van der Waals surface area contributed by atoms with Gasteiger partial charge in [0, 0.05) is 0 Å². The number of amides is 2. The van der Waals surface area contributed by atoms with Crippen molar-refractivity contribution in [1.82, 2.24) is 0 Å². The summed E-state index contributed by atoms with van der Waals surface area (Å²) in [5.41, 5.74) is 1.17. The summed E-state index contributed by atoms with van der Waals surface area (Å²) in [5, 5.41) is 15.0. The van der Waals surface area contributed by atoms with Crippen LogP contribution in [0.4, 0.5) is 11.4 Å². The molecular weight excluding hydrogens is 375 g/mol. The summed E-state index contributed by atoms with van der Waals surface area (Å²) in [5.74, 6) is -0.614. The zero-order valence-corrected chi connectivity index (χ0v) is 15.5. The number of nitriles is 1. The number of hydrogen-bond acceptors (Lipinski definition) is 3. The zero-order chi connectivity index (χ0) is 19.1. The number of quaternary nitrogens is 1. The molecule has 0 saturated carbocycles. The molecule has 0 saturated heterocycles. The van der Waals surface area contributed by atoms with Gasteiger partial charge in [0.25, 0.3) is 11.8 Å². The molecule has 2 aromatic rings. The lowest BCUT2D eigenvalue weighted by Crippen LogP contribution is -3.11. The fraction of sp³-hybridized carbons (Fsp3) is 0.167. The van der Waals surface area contributed by atoms with Gasteiger partial charge in [-0.2, -0.15) is 5.26 Å². The third kappa shape index (κ3) is 5.46. The summed E-state index contributed by atoms with van der Waals surface area (Å²) in [4.78, 5) is 24.9. The number of halogens is 2. The van der Waals surface area contributed by atoms with Crippen LogP contribution in [0.3, 0.4) is 0 Å². The number of hydrogen-bond donors (Lipinski definition) is 3. The number of carbonyl (C=O) groups excluding carboxylic acids is 2. The molecule has 1 atom stereocenters. The molecule has 0 aliphatic heterocycles. The monoisotopic (exact) mass is 391 g/mol. The van der Waals surface area contributed by atoms with Gasteiger partial charge < -0.3 is 15.5 Å². The highest BCUT2D eigenvalue weighted by atomic mass is 35.5. The van der Waals surface area contributed by atoms with Gasteiger partial charge in [0.05, 0.1) is 34.0 Å². The zero-order valence-electron chi connectivity index (χ0n) is 14.0. The number of anilines is 2. The van der Waals surface area contributed by atoms with Crippen molar-refractivity contribution < 1.29 is 14.5 Å². The Bertz CT molecular complexity index is 844. The molecule has 2 rings (SSSR count). The standard InChI is InChI=1S/C18H16Cl2N4O2/c1-24(10-16(25)22-15-8-3-2-5-12(15)9-21)11-17(26)23-18-13(19)6-4-7-14(18)20/h2-8H,10-11H2,1H3,(H,22,25)(H,23,26)/p+1. The highest BCUT2D eigenvalue weighted by molar-refractivity contribution is 6.39. The topological polar surface area (TPSA) is 86.4 Å². The highest BCUT2D eigenvalue weighted by Crippen LogP contribution is 2.29. The van der Waals surface area contributed by atoms with Crippen LogP contribution in [0.5, 0.6) is 0 Å². The molecule has 0 bridgehead atoms. The molecule has 26 heavy (non-hydrogen) atoms. The fourth-order valence-corrected chi connectivity index (χ4v) is 2.79. The second-order valence-corrected chi connectivity index (χ2v) is 6.48. The smallest absolute Gasteiger partial charge is 0.279 e. The van der Waals surface area contributed by atoms with Crippen LogP contribution in [0.15, 0.2) is 42.5 Å². The molecule has 0 aromatic heterocycles. The van der Waals surface area contributed by atoms with E-state index in [0.717, 1.165) is 0 Å². The van der Waals surface area contributed by atoms with E-state index < -0.39 is 0 Å². The van der Waals surface area contributed by atoms with Crippen molar-refractivity contribution in [2.24, 2.45) is 0 Å². The molecule has 0 fully saturated rings. The number of carbonyl (C=O) groups is 2. The van der Waals surface area contributed by atoms with Gasteiger partial charge in [-0.15, -0.1) is 0 Å². The van der Waals surface area contributed by atoms with Crippen LogP contribution in [0, 0.1) is 11.3 Å². The van der Waals surface area contributed by atoms with E-state index in [-0.39, 0.29) is 24.9 Å². The van der Waals surface area contributed by atoms with Crippen molar-refractivity contribution in [1.29, 1.82) is 5.26 Å². The van der Waals surface area contributed by atoms with Crippen LogP contribution in [-0.2, 0) is 9.59 Å². The van der Waals surface area contributed by atoms with E-state index in [2.05, 4.69) is 10.6 Å².